The zero-order valence-corrected chi connectivity index (χ0v) is 11.3. The van der Waals surface area contributed by atoms with Crippen LogP contribution >= 0.6 is 15.9 Å². The number of esters is 1. The number of carboxylic acid groups (broad SMARTS) is 1. The number of hydrogen-bond acceptors (Lipinski definition) is 4. The lowest BCUT2D eigenvalue weighted by atomic mass is 10.0. The number of carbonyl (C=O) groups is 2. The molecule has 0 heterocycles. The van der Waals surface area contributed by atoms with Crippen molar-refractivity contribution in [1.82, 2.24) is 0 Å². The average Bonchev–Trinajstić information content (AvgIpc) is 2.36. The predicted octanol–water partition coefficient (Wildman–Crippen LogP) is 1.67. The van der Waals surface area contributed by atoms with Crippen molar-refractivity contribution in [3.8, 4) is 0 Å². The number of benzene rings is 1. The molecular formula is C12H13BrO5. The number of aryl methyl sites for hydroxylation is 1. The van der Waals surface area contributed by atoms with E-state index in [1.807, 2.05) is 0 Å². The third-order valence-corrected chi connectivity index (χ3v) is 3.22. The van der Waals surface area contributed by atoms with E-state index in [0.29, 0.717) is 6.42 Å². The molecule has 0 spiro atoms. The van der Waals surface area contributed by atoms with Gasteiger partial charge in [-0.1, -0.05) is 28.1 Å². The number of halogens is 1. The van der Waals surface area contributed by atoms with Crippen molar-refractivity contribution in [2.45, 2.75) is 18.9 Å². The monoisotopic (exact) mass is 316 g/mol. The van der Waals surface area contributed by atoms with Crippen molar-refractivity contribution < 1.29 is 24.5 Å². The van der Waals surface area contributed by atoms with Crippen LogP contribution in [-0.2, 0) is 20.7 Å². The smallest absolute Gasteiger partial charge is 0.337 e. The number of aliphatic hydroxyl groups excluding tert-OH is 1. The third-order valence-electron chi connectivity index (χ3n) is 2.45. The summed E-state index contributed by atoms with van der Waals surface area (Å²) in [6.45, 7) is 0. The van der Waals surface area contributed by atoms with Gasteiger partial charge in [-0.05, 0) is 23.6 Å². The predicted molar refractivity (Wildman–Crippen MR) is 67.1 cm³/mol. The molecule has 98 valence electrons. The zero-order valence-electron chi connectivity index (χ0n) is 9.72. The molecule has 6 heteroatoms. The summed E-state index contributed by atoms with van der Waals surface area (Å²) in [5, 5.41) is 18.1. The molecule has 2 N–H and O–H groups in total. The van der Waals surface area contributed by atoms with Crippen molar-refractivity contribution in [2.24, 2.45) is 0 Å². The number of hydrogen-bond donors (Lipinski definition) is 2. The van der Waals surface area contributed by atoms with Crippen LogP contribution in [0.5, 0.6) is 0 Å². The molecule has 5 nitrogen and oxygen atoms in total. The van der Waals surface area contributed by atoms with E-state index in [9.17, 15) is 14.7 Å². The summed E-state index contributed by atoms with van der Waals surface area (Å²) >= 11 is 3.31. The molecule has 0 fully saturated rings. The summed E-state index contributed by atoms with van der Waals surface area (Å²) in [7, 11) is 1.31. The summed E-state index contributed by atoms with van der Waals surface area (Å²) in [4.78, 5) is 21.7. The molecule has 0 aliphatic carbocycles. The molecule has 18 heavy (non-hydrogen) atoms. The van der Waals surface area contributed by atoms with Crippen molar-refractivity contribution in [1.29, 1.82) is 0 Å². The standard InChI is InChI=1S/C12H13BrO5/c1-18-10(14)5-3-7-6-8(2-4-9(7)13)11(15)12(16)17/h2,4,6,11,15H,3,5H2,1H3,(H,16,17). The number of aliphatic hydroxyl groups is 1. The second-order valence-corrected chi connectivity index (χ2v) is 4.52. The fourth-order valence-corrected chi connectivity index (χ4v) is 1.88. The van der Waals surface area contributed by atoms with Gasteiger partial charge in [-0.3, -0.25) is 4.79 Å². The van der Waals surface area contributed by atoms with E-state index in [0.717, 1.165) is 10.0 Å². The molecule has 0 aliphatic heterocycles. The molecular weight excluding hydrogens is 304 g/mol. The van der Waals surface area contributed by atoms with E-state index in [1.165, 1.54) is 13.2 Å². The summed E-state index contributed by atoms with van der Waals surface area (Å²) < 4.78 is 5.29. The van der Waals surface area contributed by atoms with Gasteiger partial charge in [0.25, 0.3) is 0 Å². The van der Waals surface area contributed by atoms with Gasteiger partial charge in [0.05, 0.1) is 7.11 Å². The maximum Gasteiger partial charge on any atom is 0.337 e. The highest BCUT2D eigenvalue weighted by Gasteiger charge is 2.17. The molecule has 0 aromatic heterocycles. The van der Waals surface area contributed by atoms with Crippen LogP contribution in [0.4, 0.5) is 0 Å². The van der Waals surface area contributed by atoms with Crippen LogP contribution in [0, 0.1) is 0 Å². The van der Waals surface area contributed by atoms with Gasteiger partial charge in [0.15, 0.2) is 6.10 Å². The lowest BCUT2D eigenvalue weighted by Crippen LogP contribution is -2.11. The highest BCUT2D eigenvalue weighted by molar-refractivity contribution is 9.10. The first kappa shape index (κ1) is 14.7. The highest BCUT2D eigenvalue weighted by Crippen LogP contribution is 2.23. The van der Waals surface area contributed by atoms with Gasteiger partial charge >= 0.3 is 11.9 Å². The fourth-order valence-electron chi connectivity index (χ4n) is 1.44. The first-order valence-electron chi connectivity index (χ1n) is 5.21. The van der Waals surface area contributed by atoms with E-state index < -0.39 is 12.1 Å². The summed E-state index contributed by atoms with van der Waals surface area (Å²) in [6, 6.07) is 4.73. The first-order valence-corrected chi connectivity index (χ1v) is 6.01. The Labute approximate surface area is 113 Å². The minimum Gasteiger partial charge on any atom is -0.479 e. The quantitative estimate of drug-likeness (QED) is 0.807. The Morgan fingerprint density at radius 1 is 1.44 bits per heavy atom. The fraction of sp³-hybridized carbons (Fsp3) is 0.333. The van der Waals surface area contributed by atoms with E-state index in [4.69, 9.17) is 5.11 Å². The minimum absolute atomic E-state index is 0.196. The van der Waals surface area contributed by atoms with Gasteiger partial charge < -0.3 is 14.9 Å². The minimum atomic E-state index is -1.56. The number of aliphatic carboxylic acids is 1. The molecule has 1 atom stereocenters. The molecule has 0 aliphatic rings. The van der Waals surface area contributed by atoms with Gasteiger partial charge in [0.2, 0.25) is 0 Å². The highest BCUT2D eigenvalue weighted by atomic mass is 79.9. The Morgan fingerprint density at radius 3 is 2.67 bits per heavy atom. The van der Waals surface area contributed by atoms with Crippen LogP contribution in [0.2, 0.25) is 0 Å². The Bertz CT molecular complexity index is 458. The lowest BCUT2D eigenvalue weighted by molar-refractivity contribution is -0.147. The maximum absolute atomic E-state index is 11.0. The maximum atomic E-state index is 11.0. The molecule has 0 saturated heterocycles. The van der Waals surface area contributed by atoms with Crippen LogP contribution in [-0.4, -0.2) is 29.3 Å². The Kier molecular flexibility index (Phi) is 5.30. The van der Waals surface area contributed by atoms with Gasteiger partial charge in [0, 0.05) is 10.9 Å². The van der Waals surface area contributed by atoms with Gasteiger partial charge in [-0.15, -0.1) is 0 Å². The third kappa shape index (κ3) is 3.82. The molecule has 1 rings (SSSR count). The Balaban J connectivity index is 2.87. The van der Waals surface area contributed by atoms with Gasteiger partial charge in [0.1, 0.15) is 0 Å². The SMILES string of the molecule is COC(=O)CCc1cc(C(O)C(=O)O)ccc1Br. The number of ether oxygens (including phenoxy) is 1. The number of rotatable bonds is 5. The van der Waals surface area contributed by atoms with Crippen LogP contribution in [0.3, 0.4) is 0 Å². The number of carboxylic acids is 1. The van der Waals surface area contributed by atoms with Crippen molar-refractivity contribution in [3.05, 3.63) is 33.8 Å². The number of carbonyl (C=O) groups excluding carboxylic acids is 1. The van der Waals surface area contributed by atoms with Crippen molar-refractivity contribution >= 4 is 27.9 Å². The van der Waals surface area contributed by atoms with E-state index in [2.05, 4.69) is 20.7 Å². The van der Waals surface area contributed by atoms with Crippen LogP contribution in [0.15, 0.2) is 22.7 Å². The van der Waals surface area contributed by atoms with E-state index in [1.54, 1.807) is 12.1 Å². The largest absolute Gasteiger partial charge is 0.479 e. The molecule has 1 aromatic carbocycles. The van der Waals surface area contributed by atoms with Gasteiger partial charge in [-0.2, -0.15) is 0 Å². The number of methoxy groups -OCH3 is 1. The summed E-state index contributed by atoms with van der Waals surface area (Å²) in [5.74, 6) is -1.65. The average molecular weight is 317 g/mol. The van der Waals surface area contributed by atoms with Crippen molar-refractivity contribution in [3.63, 3.8) is 0 Å². The Hall–Kier alpha value is -1.40. The van der Waals surface area contributed by atoms with E-state index >= 15 is 0 Å². The van der Waals surface area contributed by atoms with Gasteiger partial charge in [-0.25, -0.2) is 4.79 Å². The lowest BCUT2D eigenvalue weighted by Gasteiger charge is -2.10. The molecule has 0 bridgehead atoms. The molecule has 1 unspecified atom stereocenters. The van der Waals surface area contributed by atoms with Crippen LogP contribution in [0.25, 0.3) is 0 Å². The van der Waals surface area contributed by atoms with E-state index in [-0.39, 0.29) is 18.0 Å². The molecule has 0 amide bonds. The van der Waals surface area contributed by atoms with Crippen molar-refractivity contribution in [2.75, 3.05) is 7.11 Å². The summed E-state index contributed by atoms with van der Waals surface area (Å²) in [6.07, 6.45) is -0.954. The molecule has 0 radical (unpaired) electrons. The topological polar surface area (TPSA) is 83.8 Å². The Morgan fingerprint density at radius 2 is 2.11 bits per heavy atom. The zero-order chi connectivity index (χ0) is 13.7. The second kappa shape index (κ2) is 6.51. The van der Waals surface area contributed by atoms with Crippen LogP contribution in [0.1, 0.15) is 23.7 Å². The van der Waals surface area contributed by atoms with Crippen LogP contribution < -0.4 is 0 Å². The molecule has 0 saturated carbocycles. The normalized spacial score (nSPS) is 11.9. The summed E-state index contributed by atoms with van der Waals surface area (Å²) in [5.41, 5.74) is 1.03. The first-order chi connectivity index (χ1) is 8.45. The second-order valence-electron chi connectivity index (χ2n) is 3.67. The molecule has 1 aromatic rings.